The van der Waals surface area contributed by atoms with E-state index in [1.165, 1.54) is 18.2 Å². The Balaban J connectivity index is 2.13. The molecule has 2 aromatic carbocycles. The lowest BCUT2D eigenvalue weighted by Gasteiger charge is -2.24. The highest BCUT2D eigenvalue weighted by Gasteiger charge is 2.20. The Bertz CT molecular complexity index is 948. The van der Waals surface area contributed by atoms with E-state index in [0.29, 0.717) is 29.8 Å². The molecule has 9 heteroatoms. The van der Waals surface area contributed by atoms with E-state index in [2.05, 4.69) is 35.7 Å². The molecule has 2 rings (SSSR count). The molecule has 0 aromatic heterocycles. The molecule has 0 spiro atoms. The highest BCUT2D eigenvalue weighted by molar-refractivity contribution is 7.92. The lowest BCUT2D eigenvalue weighted by Crippen LogP contribution is -2.38. The highest BCUT2D eigenvalue weighted by Crippen LogP contribution is 2.25. The van der Waals surface area contributed by atoms with Crippen LogP contribution in [-0.2, 0) is 10.0 Å². The summed E-state index contributed by atoms with van der Waals surface area (Å²) >= 11 is 11.9. The highest BCUT2D eigenvalue weighted by atomic mass is 35.5. The number of amides is 1. The monoisotopic (exact) mass is 457 g/mol. The minimum atomic E-state index is -3.98. The van der Waals surface area contributed by atoms with E-state index in [-0.39, 0.29) is 21.4 Å². The van der Waals surface area contributed by atoms with Gasteiger partial charge in [0.15, 0.2) is 0 Å². The molecule has 0 bridgehead atoms. The van der Waals surface area contributed by atoms with Crippen LogP contribution >= 0.6 is 23.2 Å². The van der Waals surface area contributed by atoms with Crippen molar-refractivity contribution < 1.29 is 13.2 Å². The van der Waals surface area contributed by atoms with Gasteiger partial charge < -0.3 is 5.32 Å². The number of carbonyl (C=O) groups excluding carboxylic acids is 1. The molecule has 0 fully saturated rings. The number of nitrogens with zero attached hydrogens (tertiary/aromatic N) is 1. The first-order chi connectivity index (χ1) is 13.6. The van der Waals surface area contributed by atoms with E-state index in [4.69, 9.17) is 23.2 Å². The standard InChI is InChI=1S/C20H25Cl2N3O3S/c1-4-25(14(2)3)12-11-23-20(26)15-5-10-18(22)19(13-15)29(27,28)24-17-8-6-16(21)7-9-17/h5-10,13-14,24H,4,11-12H2,1-3H3,(H,23,26). The molecule has 0 saturated heterocycles. The number of halogens is 2. The Morgan fingerprint density at radius 2 is 1.76 bits per heavy atom. The van der Waals surface area contributed by atoms with Crippen molar-refractivity contribution in [3.05, 3.63) is 58.1 Å². The summed E-state index contributed by atoms with van der Waals surface area (Å²) in [7, 11) is -3.98. The third kappa shape index (κ3) is 6.60. The van der Waals surface area contributed by atoms with Crippen molar-refractivity contribution in [2.45, 2.75) is 31.7 Å². The van der Waals surface area contributed by atoms with Crippen LogP contribution in [0.5, 0.6) is 0 Å². The molecule has 0 heterocycles. The smallest absolute Gasteiger partial charge is 0.263 e. The van der Waals surface area contributed by atoms with Gasteiger partial charge in [-0.25, -0.2) is 8.42 Å². The Labute approximate surface area is 182 Å². The normalized spacial score (nSPS) is 11.7. The van der Waals surface area contributed by atoms with Crippen molar-refractivity contribution >= 4 is 44.8 Å². The van der Waals surface area contributed by atoms with Gasteiger partial charge in [0.2, 0.25) is 0 Å². The van der Waals surface area contributed by atoms with Crippen LogP contribution in [0.4, 0.5) is 5.69 Å². The lowest BCUT2D eigenvalue weighted by molar-refractivity contribution is 0.0945. The molecule has 0 atom stereocenters. The molecule has 0 unspecified atom stereocenters. The average Bonchev–Trinajstić information content (AvgIpc) is 2.66. The number of benzene rings is 2. The Morgan fingerprint density at radius 3 is 2.34 bits per heavy atom. The van der Waals surface area contributed by atoms with Gasteiger partial charge in [-0.1, -0.05) is 30.1 Å². The van der Waals surface area contributed by atoms with Crippen molar-refractivity contribution in [3.8, 4) is 0 Å². The van der Waals surface area contributed by atoms with E-state index in [1.54, 1.807) is 24.3 Å². The zero-order chi connectivity index (χ0) is 21.6. The fourth-order valence-electron chi connectivity index (χ4n) is 2.78. The summed E-state index contributed by atoms with van der Waals surface area (Å²) in [6, 6.07) is 10.8. The molecule has 158 valence electrons. The summed E-state index contributed by atoms with van der Waals surface area (Å²) in [6.45, 7) is 8.29. The van der Waals surface area contributed by atoms with Crippen molar-refractivity contribution in [1.82, 2.24) is 10.2 Å². The van der Waals surface area contributed by atoms with Crippen LogP contribution in [0.25, 0.3) is 0 Å². The second-order valence-corrected chi connectivity index (χ2v) is 9.23. The summed E-state index contributed by atoms with van der Waals surface area (Å²) in [6.07, 6.45) is 0. The van der Waals surface area contributed by atoms with Gasteiger partial charge in [-0.3, -0.25) is 14.4 Å². The number of likely N-dealkylation sites (N-methyl/N-ethyl adjacent to an activating group) is 1. The van der Waals surface area contributed by atoms with Crippen LogP contribution < -0.4 is 10.0 Å². The van der Waals surface area contributed by atoms with Gasteiger partial charge in [-0.15, -0.1) is 0 Å². The van der Waals surface area contributed by atoms with Gasteiger partial charge in [-0.05, 0) is 62.9 Å². The number of nitrogens with one attached hydrogen (secondary N) is 2. The number of sulfonamides is 1. The van der Waals surface area contributed by atoms with Crippen LogP contribution in [0.1, 0.15) is 31.1 Å². The molecule has 1 amide bonds. The first-order valence-electron chi connectivity index (χ1n) is 9.24. The minimum Gasteiger partial charge on any atom is -0.351 e. The van der Waals surface area contributed by atoms with Gasteiger partial charge in [0.25, 0.3) is 15.9 Å². The van der Waals surface area contributed by atoms with E-state index in [9.17, 15) is 13.2 Å². The lowest BCUT2D eigenvalue weighted by atomic mass is 10.2. The fourth-order valence-corrected chi connectivity index (χ4v) is 4.49. The van der Waals surface area contributed by atoms with Crippen molar-refractivity contribution in [2.75, 3.05) is 24.4 Å². The van der Waals surface area contributed by atoms with Crippen LogP contribution in [0.15, 0.2) is 47.4 Å². The maximum atomic E-state index is 12.7. The van der Waals surface area contributed by atoms with E-state index in [0.717, 1.165) is 6.54 Å². The average molecular weight is 458 g/mol. The molecule has 0 aliphatic carbocycles. The molecule has 6 nitrogen and oxygen atoms in total. The Morgan fingerprint density at radius 1 is 1.10 bits per heavy atom. The zero-order valence-corrected chi connectivity index (χ0v) is 18.9. The second-order valence-electron chi connectivity index (χ2n) is 6.74. The predicted octanol–water partition coefficient (Wildman–Crippen LogP) is 4.25. The number of hydrogen-bond donors (Lipinski definition) is 2. The minimum absolute atomic E-state index is 0.0278. The summed E-state index contributed by atoms with van der Waals surface area (Å²) in [5, 5.41) is 3.34. The molecule has 0 aliphatic heterocycles. The van der Waals surface area contributed by atoms with Crippen molar-refractivity contribution in [1.29, 1.82) is 0 Å². The zero-order valence-electron chi connectivity index (χ0n) is 16.6. The number of rotatable bonds is 9. The van der Waals surface area contributed by atoms with Crippen molar-refractivity contribution in [2.24, 2.45) is 0 Å². The Kier molecular flexibility index (Phi) is 8.34. The summed E-state index contributed by atoms with van der Waals surface area (Å²) in [5.74, 6) is -0.357. The molecule has 2 aromatic rings. The predicted molar refractivity (Wildman–Crippen MR) is 118 cm³/mol. The van der Waals surface area contributed by atoms with Crippen molar-refractivity contribution in [3.63, 3.8) is 0 Å². The first kappa shape index (κ1) is 23.5. The van der Waals surface area contributed by atoms with Crippen LogP contribution in [0.3, 0.4) is 0 Å². The Hall–Kier alpha value is -1.80. The SMILES string of the molecule is CCN(CCNC(=O)c1ccc(Cl)c(S(=O)(=O)Nc2ccc(Cl)cc2)c1)C(C)C. The van der Waals surface area contributed by atoms with E-state index >= 15 is 0 Å². The molecular formula is C20H25Cl2N3O3S. The molecule has 29 heavy (non-hydrogen) atoms. The van der Waals surface area contributed by atoms with Gasteiger partial charge in [0, 0.05) is 35.4 Å². The number of hydrogen-bond acceptors (Lipinski definition) is 4. The maximum Gasteiger partial charge on any atom is 0.263 e. The van der Waals surface area contributed by atoms with Gasteiger partial charge in [0.05, 0.1) is 5.02 Å². The fraction of sp³-hybridized carbons (Fsp3) is 0.350. The topological polar surface area (TPSA) is 78.5 Å². The van der Waals surface area contributed by atoms with Crippen LogP contribution in [0.2, 0.25) is 10.0 Å². The van der Waals surface area contributed by atoms with E-state index < -0.39 is 10.0 Å². The molecule has 0 aliphatic rings. The quantitative estimate of drug-likeness (QED) is 0.589. The third-order valence-electron chi connectivity index (χ3n) is 4.40. The third-order valence-corrected chi connectivity index (χ3v) is 6.52. The maximum absolute atomic E-state index is 12.7. The largest absolute Gasteiger partial charge is 0.351 e. The molecule has 2 N–H and O–H groups in total. The summed E-state index contributed by atoms with van der Waals surface area (Å²) in [5.41, 5.74) is 0.562. The number of anilines is 1. The summed E-state index contributed by atoms with van der Waals surface area (Å²) in [4.78, 5) is 14.5. The van der Waals surface area contributed by atoms with Crippen LogP contribution in [-0.4, -0.2) is 44.9 Å². The second kappa shape index (κ2) is 10.3. The number of carbonyl (C=O) groups is 1. The van der Waals surface area contributed by atoms with E-state index in [1.807, 2.05) is 0 Å². The molecule has 0 radical (unpaired) electrons. The molecular weight excluding hydrogens is 433 g/mol. The van der Waals surface area contributed by atoms with Gasteiger partial charge >= 0.3 is 0 Å². The molecule has 0 saturated carbocycles. The van der Waals surface area contributed by atoms with Crippen LogP contribution in [0, 0.1) is 0 Å². The van der Waals surface area contributed by atoms with Gasteiger partial charge in [-0.2, -0.15) is 0 Å². The van der Waals surface area contributed by atoms with Gasteiger partial charge in [0.1, 0.15) is 4.90 Å². The first-order valence-corrected chi connectivity index (χ1v) is 11.5. The summed E-state index contributed by atoms with van der Waals surface area (Å²) < 4.78 is 27.9.